The van der Waals surface area contributed by atoms with Gasteiger partial charge in [-0.15, -0.1) is 0 Å². The zero-order chi connectivity index (χ0) is 16.8. The van der Waals surface area contributed by atoms with Crippen LogP contribution in [0.4, 0.5) is 4.79 Å². The molecule has 22 heavy (non-hydrogen) atoms. The molecule has 1 aromatic heterocycles. The molecule has 0 aliphatic heterocycles. The van der Waals surface area contributed by atoms with Gasteiger partial charge >= 0.3 is 12.0 Å². The Bertz CT molecular complexity index is 548. The maximum Gasteiger partial charge on any atom is 0.315 e. The van der Waals surface area contributed by atoms with Crippen molar-refractivity contribution >= 4 is 17.9 Å². The number of nitrogens with one attached hydrogen (secondary N) is 2. The molecule has 0 saturated carbocycles. The van der Waals surface area contributed by atoms with Crippen LogP contribution in [0, 0.1) is 5.41 Å². The first-order valence-corrected chi connectivity index (χ1v) is 6.98. The molecule has 0 bridgehead atoms. The molecular formula is C14H21N3O5. The molecule has 3 amide bonds. The Morgan fingerprint density at radius 1 is 1.23 bits per heavy atom. The number of hydrogen-bond acceptors (Lipinski definition) is 4. The third kappa shape index (κ3) is 4.24. The van der Waals surface area contributed by atoms with Crippen molar-refractivity contribution in [3.8, 4) is 0 Å². The van der Waals surface area contributed by atoms with Gasteiger partial charge in [-0.1, -0.05) is 13.8 Å². The number of furan rings is 1. The summed E-state index contributed by atoms with van der Waals surface area (Å²) in [6.45, 7) is 3.64. The molecule has 8 heteroatoms. The van der Waals surface area contributed by atoms with Crippen molar-refractivity contribution in [1.82, 2.24) is 10.6 Å². The minimum Gasteiger partial charge on any atom is -0.481 e. The highest BCUT2D eigenvalue weighted by Crippen LogP contribution is 2.25. The van der Waals surface area contributed by atoms with Crippen molar-refractivity contribution in [2.24, 2.45) is 11.1 Å². The van der Waals surface area contributed by atoms with E-state index in [1.807, 2.05) is 0 Å². The van der Waals surface area contributed by atoms with E-state index in [4.69, 9.17) is 10.2 Å². The molecule has 0 spiro atoms. The van der Waals surface area contributed by atoms with Crippen LogP contribution in [0.3, 0.4) is 0 Å². The van der Waals surface area contributed by atoms with E-state index in [0.717, 1.165) is 0 Å². The molecule has 0 aliphatic rings. The number of carbonyl (C=O) groups excluding carboxylic acids is 2. The van der Waals surface area contributed by atoms with E-state index in [1.165, 1.54) is 12.1 Å². The first-order chi connectivity index (χ1) is 10.3. The van der Waals surface area contributed by atoms with Crippen molar-refractivity contribution in [2.45, 2.75) is 33.2 Å². The van der Waals surface area contributed by atoms with Gasteiger partial charge in [-0.2, -0.15) is 0 Å². The second-order valence-corrected chi connectivity index (χ2v) is 4.96. The van der Waals surface area contributed by atoms with Crippen LogP contribution in [0.15, 0.2) is 16.5 Å². The van der Waals surface area contributed by atoms with Crippen LogP contribution in [0.5, 0.6) is 0 Å². The first-order valence-electron chi connectivity index (χ1n) is 6.98. The molecule has 8 nitrogen and oxygen atoms in total. The monoisotopic (exact) mass is 311 g/mol. The number of nitrogens with two attached hydrogens (primary N) is 1. The quantitative estimate of drug-likeness (QED) is 0.569. The van der Waals surface area contributed by atoms with Gasteiger partial charge in [-0.3, -0.25) is 9.59 Å². The highest BCUT2D eigenvalue weighted by Gasteiger charge is 2.35. The number of urea groups is 1. The first kappa shape index (κ1) is 17.5. The van der Waals surface area contributed by atoms with Gasteiger partial charge in [0.2, 0.25) is 0 Å². The fraction of sp³-hybridized carbons (Fsp3) is 0.500. The van der Waals surface area contributed by atoms with Crippen LogP contribution in [0.1, 0.15) is 43.0 Å². The van der Waals surface area contributed by atoms with Crippen LogP contribution in [-0.4, -0.2) is 29.6 Å². The second kappa shape index (κ2) is 7.48. The van der Waals surface area contributed by atoms with Crippen molar-refractivity contribution in [2.75, 3.05) is 6.54 Å². The number of carbonyl (C=O) groups is 3. The summed E-state index contributed by atoms with van der Waals surface area (Å²) in [7, 11) is 0. The average Bonchev–Trinajstić information content (AvgIpc) is 2.95. The van der Waals surface area contributed by atoms with E-state index in [0.29, 0.717) is 18.6 Å². The summed E-state index contributed by atoms with van der Waals surface area (Å²) < 4.78 is 5.11. The Labute approximate surface area is 128 Å². The maximum atomic E-state index is 11.7. The van der Waals surface area contributed by atoms with Gasteiger partial charge in [-0.05, 0) is 25.0 Å². The smallest absolute Gasteiger partial charge is 0.315 e. The number of carboxylic acid groups (broad SMARTS) is 1. The molecule has 5 N–H and O–H groups in total. The van der Waals surface area contributed by atoms with Gasteiger partial charge in [0.05, 0.1) is 12.0 Å². The van der Waals surface area contributed by atoms with E-state index in [-0.39, 0.29) is 18.8 Å². The molecule has 1 heterocycles. The zero-order valence-electron chi connectivity index (χ0n) is 12.6. The van der Waals surface area contributed by atoms with Gasteiger partial charge < -0.3 is 25.9 Å². The number of primary amides is 1. The summed E-state index contributed by atoms with van der Waals surface area (Å²) >= 11 is 0. The van der Waals surface area contributed by atoms with Crippen LogP contribution in [0.25, 0.3) is 0 Å². The SMILES string of the molecule is CCC(CC)(CNC(=O)NCc1ccc(C(N)=O)o1)C(=O)O. The topological polar surface area (TPSA) is 135 Å². The number of rotatable bonds is 8. The highest BCUT2D eigenvalue weighted by molar-refractivity contribution is 5.89. The molecule has 1 aromatic rings. The number of amides is 3. The fourth-order valence-electron chi connectivity index (χ4n) is 1.96. The standard InChI is InChI=1S/C14H21N3O5/c1-3-14(4-2,12(19)20)8-17-13(21)16-7-9-5-6-10(22-9)11(15)18/h5-6H,3-4,7-8H2,1-2H3,(H2,15,18)(H,19,20)(H2,16,17,21). The van der Waals surface area contributed by atoms with Crippen molar-refractivity contribution < 1.29 is 23.9 Å². The molecule has 122 valence electrons. The molecule has 0 unspecified atom stereocenters. The van der Waals surface area contributed by atoms with Gasteiger partial charge in [-0.25, -0.2) is 4.79 Å². The zero-order valence-corrected chi connectivity index (χ0v) is 12.6. The Hall–Kier alpha value is -2.51. The van der Waals surface area contributed by atoms with Crippen molar-refractivity contribution in [1.29, 1.82) is 0 Å². The third-order valence-electron chi connectivity index (χ3n) is 3.72. The second-order valence-electron chi connectivity index (χ2n) is 4.96. The average molecular weight is 311 g/mol. The maximum absolute atomic E-state index is 11.7. The predicted molar refractivity (Wildman–Crippen MR) is 78.1 cm³/mol. The number of aliphatic carboxylic acids is 1. The Morgan fingerprint density at radius 2 is 1.86 bits per heavy atom. The minimum atomic E-state index is -0.971. The molecular weight excluding hydrogens is 290 g/mol. The molecule has 0 saturated heterocycles. The van der Waals surface area contributed by atoms with Crippen molar-refractivity contribution in [3.05, 3.63) is 23.7 Å². The Morgan fingerprint density at radius 3 is 2.32 bits per heavy atom. The van der Waals surface area contributed by atoms with E-state index in [2.05, 4.69) is 10.6 Å². The summed E-state index contributed by atoms with van der Waals surface area (Å²) in [4.78, 5) is 33.9. The van der Waals surface area contributed by atoms with E-state index in [1.54, 1.807) is 13.8 Å². The molecule has 0 atom stereocenters. The molecule has 0 aliphatic carbocycles. The van der Waals surface area contributed by atoms with E-state index in [9.17, 15) is 19.5 Å². The summed E-state index contributed by atoms with van der Waals surface area (Å²) in [5.74, 6) is -1.23. The Kier molecular flexibility index (Phi) is 5.97. The highest BCUT2D eigenvalue weighted by atomic mass is 16.4. The van der Waals surface area contributed by atoms with Gasteiger partial charge in [0.1, 0.15) is 5.76 Å². The fourth-order valence-corrected chi connectivity index (χ4v) is 1.96. The van der Waals surface area contributed by atoms with Crippen LogP contribution >= 0.6 is 0 Å². The van der Waals surface area contributed by atoms with Gasteiger partial charge in [0.15, 0.2) is 5.76 Å². The summed E-state index contributed by atoms with van der Waals surface area (Å²) in [5.41, 5.74) is 4.08. The Balaban J connectivity index is 2.49. The molecule has 0 aromatic carbocycles. The lowest BCUT2D eigenvalue weighted by molar-refractivity contribution is -0.149. The minimum absolute atomic E-state index is 0.0130. The third-order valence-corrected chi connectivity index (χ3v) is 3.72. The normalized spacial score (nSPS) is 11.0. The van der Waals surface area contributed by atoms with E-state index >= 15 is 0 Å². The number of hydrogen-bond donors (Lipinski definition) is 4. The molecule has 0 fully saturated rings. The summed E-state index contributed by atoms with van der Waals surface area (Å²) in [6, 6.07) is 2.44. The van der Waals surface area contributed by atoms with Crippen molar-refractivity contribution in [3.63, 3.8) is 0 Å². The summed E-state index contributed by atoms with van der Waals surface area (Å²) in [5, 5.41) is 14.3. The lowest BCUT2D eigenvalue weighted by Gasteiger charge is -2.26. The molecule has 1 rings (SSSR count). The van der Waals surface area contributed by atoms with E-state index < -0.39 is 23.3 Å². The van der Waals surface area contributed by atoms with Crippen LogP contribution < -0.4 is 16.4 Å². The molecule has 0 radical (unpaired) electrons. The summed E-state index contributed by atoms with van der Waals surface area (Å²) in [6.07, 6.45) is 0.832. The van der Waals surface area contributed by atoms with Gasteiger partial charge in [0.25, 0.3) is 5.91 Å². The number of carboxylic acids is 1. The largest absolute Gasteiger partial charge is 0.481 e. The van der Waals surface area contributed by atoms with Crippen LogP contribution in [0.2, 0.25) is 0 Å². The van der Waals surface area contributed by atoms with Crippen LogP contribution in [-0.2, 0) is 11.3 Å². The lowest BCUT2D eigenvalue weighted by Crippen LogP contribution is -2.45. The predicted octanol–water partition coefficient (Wildman–Crippen LogP) is 1.07. The lowest BCUT2D eigenvalue weighted by atomic mass is 9.82. The van der Waals surface area contributed by atoms with Gasteiger partial charge in [0, 0.05) is 6.54 Å².